The van der Waals surface area contributed by atoms with Crippen molar-refractivity contribution in [2.24, 2.45) is 0 Å². The fourth-order valence-corrected chi connectivity index (χ4v) is 5.36. The standard InChI is InChI=1S/C33H26F6N8O6/c34-32(35,36)19-53-26-8-3-20(25(48)17-46-41-10-11-42-46)16-24(26)47-29(43-28-23(30(47)50)2-1-9-40-28)31(51)45-14-12-44(13-15-45)27(49)18-52-22-6-4-21(5-7-22)33(37,38)39/h1-11,16H,12-15,17-19H2. The van der Waals surface area contributed by atoms with Gasteiger partial charge >= 0.3 is 12.4 Å². The van der Waals surface area contributed by atoms with Crippen molar-refractivity contribution >= 4 is 28.6 Å². The lowest BCUT2D eigenvalue weighted by atomic mass is 10.1. The molecule has 1 fully saturated rings. The summed E-state index contributed by atoms with van der Waals surface area (Å²) in [4.78, 5) is 66.2. The van der Waals surface area contributed by atoms with E-state index >= 15 is 0 Å². The Balaban J connectivity index is 1.27. The van der Waals surface area contributed by atoms with Crippen LogP contribution in [-0.2, 0) is 17.5 Å². The number of piperazine rings is 1. The normalized spacial score (nSPS) is 13.6. The molecule has 1 aliphatic heterocycles. The Kier molecular flexibility index (Phi) is 10.1. The quantitative estimate of drug-likeness (QED) is 0.153. The van der Waals surface area contributed by atoms with Crippen LogP contribution in [0.2, 0.25) is 0 Å². The first kappa shape index (κ1) is 36.5. The molecule has 1 aliphatic rings. The number of benzene rings is 2. The summed E-state index contributed by atoms with van der Waals surface area (Å²) in [5.74, 6) is -2.94. The van der Waals surface area contributed by atoms with Gasteiger partial charge in [0.25, 0.3) is 17.4 Å². The van der Waals surface area contributed by atoms with Crippen LogP contribution in [0.3, 0.4) is 0 Å². The molecule has 0 saturated carbocycles. The van der Waals surface area contributed by atoms with Crippen LogP contribution in [-0.4, -0.2) is 102 Å². The number of halogens is 6. The highest BCUT2D eigenvalue weighted by atomic mass is 19.4. The molecule has 0 unspecified atom stereocenters. The van der Waals surface area contributed by atoms with E-state index in [0.717, 1.165) is 45.8 Å². The third-order valence-electron chi connectivity index (χ3n) is 7.96. The maximum absolute atomic E-state index is 14.1. The second-order valence-electron chi connectivity index (χ2n) is 11.5. The first-order chi connectivity index (χ1) is 25.2. The fraction of sp³-hybridized carbons (Fsp3) is 0.273. The molecule has 276 valence electrons. The number of pyridine rings is 1. The summed E-state index contributed by atoms with van der Waals surface area (Å²) in [6, 6.07) is 9.95. The molecule has 3 aromatic heterocycles. The molecule has 2 amide bonds. The lowest BCUT2D eigenvalue weighted by molar-refractivity contribution is -0.153. The number of rotatable bonds is 10. The van der Waals surface area contributed by atoms with Crippen molar-refractivity contribution in [2.45, 2.75) is 18.9 Å². The largest absolute Gasteiger partial charge is 0.484 e. The van der Waals surface area contributed by atoms with E-state index in [4.69, 9.17) is 9.47 Å². The van der Waals surface area contributed by atoms with Gasteiger partial charge in [-0.05, 0) is 54.6 Å². The number of ether oxygens (including phenoxy) is 2. The minimum absolute atomic E-state index is 0.0115. The SMILES string of the molecule is O=C(Cn1nccn1)c1ccc(OCC(F)(F)F)c(-n2c(C(=O)N3CCN(C(=O)COc4ccc(C(F)(F)F)cc4)CC3)nc3ncccc3c2=O)c1. The monoisotopic (exact) mass is 744 g/mol. The molecule has 0 spiro atoms. The lowest BCUT2D eigenvalue weighted by Crippen LogP contribution is -2.52. The van der Waals surface area contributed by atoms with E-state index in [2.05, 4.69) is 20.2 Å². The molecular weight excluding hydrogens is 718 g/mol. The Labute approximate surface area is 294 Å². The zero-order valence-corrected chi connectivity index (χ0v) is 27.2. The third-order valence-corrected chi connectivity index (χ3v) is 7.96. The molecule has 0 aliphatic carbocycles. The van der Waals surface area contributed by atoms with Crippen LogP contribution in [0, 0.1) is 0 Å². The average molecular weight is 745 g/mol. The van der Waals surface area contributed by atoms with Crippen LogP contribution >= 0.6 is 0 Å². The van der Waals surface area contributed by atoms with E-state index < -0.39 is 65.9 Å². The van der Waals surface area contributed by atoms with Crippen LogP contribution in [0.25, 0.3) is 16.7 Å². The summed E-state index contributed by atoms with van der Waals surface area (Å²) in [6.07, 6.45) is -5.32. The number of nitrogens with zero attached hydrogens (tertiary/aromatic N) is 8. The Morgan fingerprint density at radius 1 is 0.811 bits per heavy atom. The second kappa shape index (κ2) is 14.7. The first-order valence-electron chi connectivity index (χ1n) is 15.6. The van der Waals surface area contributed by atoms with Crippen molar-refractivity contribution in [1.82, 2.24) is 39.3 Å². The lowest BCUT2D eigenvalue weighted by Gasteiger charge is -2.34. The predicted octanol–water partition coefficient (Wildman–Crippen LogP) is 3.58. The number of hydrogen-bond donors (Lipinski definition) is 0. The highest BCUT2D eigenvalue weighted by Crippen LogP contribution is 2.31. The maximum atomic E-state index is 14.1. The van der Waals surface area contributed by atoms with Gasteiger partial charge in [0.1, 0.15) is 18.0 Å². The number of aromatic nitrogens is 6. The molecule has 0 radical (unpaired) electrons. The number of amides is 2. The van der Waals surface area contributed by atoms with Crippen molar-refractivity contribution in [3.63, 3.8) is 0 Å². The summed E-state index contributed by atoms with van der Waals surface area (Å²) in [5, 5.41) is 7.65. The molecule has 53 heavy (non-hydrogen) atoms. The topological polar surface area (TPSA) is 155 Å². The van der Waals surface area contributed by atoms with Crippen molar-refractivity contribution in [3.8, 4) is 17.2 Å². The van der Waals surface area contributed by atoms with Gasteiger partial charge in [-0.15, -0.1) is 0 Å². The maximum Gasteiger partial charge on any atom is 0.422 e. The van der Waals surface area contributed by atoms with E-state index in [9.17, 15) is 45.5 Å². The van der Waals surface area contributed by atoms with E-state index in [1.165, 1.54) is 46.6 Å². The van der Waals surface area contributed by atoms with Gasteiger partial charge in [0.2, 0.25) is 5.82 Å². The van der Waals surface area contributed by atoms with Crippen molar-refractivity contribution in [3.05, 3.63) is 100 Å². The third kappa shape index (κ3) is 8.42. The molecule has 4 heterocycles. The molecule has 0 bridgehead atoms. The van der Waals surface area contributed by atoms with Crippen molar-refractivity contribution in [2.75, 3.05) is 39.4 Å². The number of carbonyl (C=O) groups excluding carboxylic acids is 3. The van der Waals surface area contributed by atoms with Crippen LogP contribution in [0.1, 0.15) is 26.5 Å². The summed E-state index contributed by atoms with van der Waals surface area (Å²) in [7, 11) is 0. The van der Waals surface area contributed by atoms with Gasteiger partial charge in [-0.1, -0.05) is 0 Å². The molecule has 14 nitrogen and oxygen atoms in total. The molecule has 20 heteroatoms. The second-order valence-corrected chi connectivity index (χ2v) is 11.5. The summed E-state index contributed by atoms with van der Waals surface area (Å²) >= 11 is 0. The van der Waals surface area contributed by atoms with Crippen LogP contribution in [0.4, 0.5) is 26.3 Å². The number of Topliss-reactive ketones (excluding diaryl/α,β-unsaturated/α-hetero) is 1. The molecule has 1 saturated heterocycles. The smallest absolute Gasteiger partial charge is 0.422 e. The number of carbonyl (C=O) groups is 3. The zero-order chi connectivity index (χ0) is 37.9. The predicted molar refractivity (Wildman–Crippen MR) is 170 cm³/mol. The van der Waals surface area contributed by atoms with Crippen molar-refractivity contribution < 1.29 is 50.2 Å². The number of ketones is 1. The zero-order valence-electron chi connectivity index (χ0n) is 27.2. The summed E-state index contributed by atoms with van der Waals surface area (Å²) in [5.41, 5.74) is -2.36. The van der Waals surface area contributed by atoms with E-state index in [1.807, 2.05) is 0 Å². The van der Waals surface area contributed by atoms with E-state index in [0.29, 0.717) is 0 Å². The summed E-state index contributed by atoms with van der Waals surface area (Å²) < 4.78 is 89.6. The molecule has 2 aromatic carbocycles. The number of alkyl halides is 6. The highest BCUT2D eigenvalue weighted by molar-refractivity contribution is 5.97. The van der Waals surface area contributed by atoms with Gasteiger partial charge in [0.05, 0.1) is 29.0 Å². The van der Waals surface area contributed by atoms with E-state index in [1.54, 1.807) is 0 Å². The van der Waals surface area contributed by atoms with Gasteiger partial charge < -0.3 is 19.3 Å². The number of hydrogen-bond acceptors (Lipinski definition) is 10. The van der Waals surface area contributed by atoms with Gasteiger partial charge in [-0.25, -0.2) is 9.97 Å². The molecule has 0 atom stereocenters. The van der Waals surface area contributed by atoms with Crippen LogP contribution < -0.4 is 15.0 Å². The average Bonchev–Trinajstić information content (AvgIpc) is 3.65. The highest BCUT2D eigenvalue weighted by Gasteiger charge is 2.33. The van der Waals surface area contributed by atoms with Gasteiger partial charge in [0.15, 0.2) is 24.6 Å². The molecule has 0 N–H and O–H groups in total. The Morgan fingerprint density at radius 3 is 2.15 bits per heavy atom. The van der Waals surface area contributed by atoms with Gasteiger partial charge in [0, 0.05) is 37.9 Å². The van der Waals surface area contributed by atoms with Crippen LogP contribution in [0.15, 0.2) is 78.0 Å². The van der Waals surface area contributed by atoms with Gasteiger partial charge in [-0.2, -0.15) is 41.3 Å². The first-order valence-corrected chi connectivity index (χ1v) is 15.6. The molecular formula is C33H26F6N8O6. The molecule has 5 aromatic rings. The van der Waals surface area contributed by atoms with Crippen LogP contribution in [0.5, 0.6) is 11.5 Å². The van der Waals surface area contributed by atoms with E-state index in [-0.39, 0.29) is 60.8 Å². The Morgan fingerprint density at radius 2 is 1.49 bits per heavy atom. The summed E-state index contributed by atoms with van der Waals surface area (Å²) in [6.45, 7) is -2.78. The minimum Gasteiger partial charge on any atom is -0.484 e. The Bertz CT molecular complexity index is 2200. The number of fused-ring (bicyclic) bond motifs is 1. The molecule has 6 rings (SSSR count). The van der Waals surface area contributed by atoms with Gasteiger partial charge in [-0.3, -0.25) is 23.7 Å². The minimum atomic E-state index is -4.79. The Hall–Kier alpha value is -6.34. The van der Waals surface area contributed by atoms with Crippen molar-refractivity contribution in [1.29, 1.82) is 0 Å². The fourth-order valence-electron chi connectivity index (χ4n) is 5.36.